The fourth-order valence-electron chi connectivity index (χ4n) is 2.33. The summed E-state index contributed by atoms with van der Waals surface area (Å²) >= 11 is 1.33. The molecule has 0 aliphatic heterocycles. The topological polar surface area (TPSA) is 46.2 Å². The molecule has 4 heteroatoms. The van der Waals surface area contributed by atoms with Crippen molar-refractivity contribution in [1.82, 2.24) is 5.32 Å². The monoisotopic (exact) mass is 347 g/mol. The molecule has 0 heterocycles. The van der Waals surface area contributed by atoms with E-state index in [2.05, 4.69) is 5.32 Å². The van der Waals surface area contributed by atoms with Gasteiger partial charge in [0.25, 0.3) is 5.91 Å². The van der Waals surface area contributed by atoms with E-state index in [9.17, 15) is 9.59 Å². The standard InChI is InChI=1S/C21H17NO2S/c23-19(16-10-4-1-5-11-16)21(25-18-14-8-3-9-15-18)22-20(24)17-12-6-2-7-13-17/h1-15,21H,(H,22,24)/t21-/m0/s1. The van der Waals surface area contributed by atoms with E-state index in [1.807, 2.05) is 54.6 Å². The number of carbonyl (C=O) groups excluding carboxylic acids is 2. The molecule has 0 aliphatic rings. The highest BCUT2D eigenvalue weighted by Crippen LogP contribution is 2.24. The highest BCUT2D eigenvalue weighted by atomic mass is 32.2. The Kier molecular flexibility index (Phi) is 5.65. The predicted molar refractivity (Wildman–Crippen MR) is 101 cm³/mol. The minimum absolute atomic E-state index is 0.126. The minimum atomic E-state index is -0.697. The van der Waals surface area contributed by atoms with Crippen LogP contribution in [0.5, 0.6) is 0 Å². The number of carbonyl (C=O) groups is 2. The molecule has 25 heavy (non-hydrogen) atoms. The third-order valence-corrected chi connectivity index (χ3v) is 4.70. The van der Waals surface area contributed by atoms with Gasteiger partial charge in [0, 0.05) is 16.0 Å². The highest BCUT2D eigenvalue weighted by Gasteiger charge is 2.23. The summed E-state index contributed by atoms with van der Waals surface area (Å²) in [5.74, 6) is -0.392. The second kappa shape index (κ2) is 8.31. The Hall–Kier alpha value is -2.85. The summed E-state index contributed by atoms with van der Waals surface area (Å²) in [5, 5.41) is 2.16. The fourth-order valence-corrected chi connectivity index (χ4v) is 3.32. The predicted octanol–water partition coefficient (Wildman–Crippen LogP) is 4.42. The molecule has 3 rings (SSSR count). The summed E-state index contributed by atoms with van der Waals surface area (Å²) in [7, 11) is 0. The van der Waals surface area contributed by atoms with Crippen LogP contribution in [-0.2, 0) is 0 Å². The Morgan fingerprint density at radius 3 is 1.72 bits per heavy atom. The molecule has 0 radical (unpaired) electrons. The van der Waals surface area contributed by atoms with Crippen molar-refractivity contribution in [2.24, 2.45) is 0 Å². The first kappa shape index (κ1) is 17.0. The van der Waals surface area contributed by atoms with Gasteiger partial charge >= 0.3 is 0 Å². The van der Waals surface area contributed by atoms with Crippen molar-refractivity contribution in [2.45, 2.75) is 10.3 Å². The summed E-state index contributed by atoms with van der Waals surface area (Å²) in [5.41, 5.74) is 1.10. The van der Waals surface area contributed by atoms with E-state index in [0.29, 0.717) is 11.1 Å². The fraction of sp³-hybridized carbons (Fsp3) is 0.0476. The molecule has 1 atom stereocenters. The van der Waals surface area contributed by atoms with Crippen LogP contribution in [0.25, 0.3) is 0 Å². The van der Waals surface area contributed by atoms with Crippen LogP contribution in [0, 0.1) is 0 Å². The SMILES string of the molecule is O=C(N[C@@H](Sc1ccccc1)C(=O)c1ccccc1)c1ccccc1. The average Bonchev–Trinajstić information content (AvgIpc) is 2.69. The van der Waals surface area contributed by atoms with Gasteiger partial charge in [-0.05, 0) is 24.3 Å². The van der Waals surface area contributed by atoms with Crippen molar-refractivity contribution >= 4 is 23.5 Å². The molecule has 0 aromatic heterocycles. The lowest BCUT2D eigenvalue weighted by Crippen LogP contribution is -2.38. The van der Waals surface area contributed by atoms with Crippen LogP contribution in [-0.4, -0.2) is 17.1 Å². The number of rotatable bonds is 6. The first-order chi connectivity index (χ1) is 12.2. The molecule has 0 aliphatic carbocycles. The number of nitrogens with one attached hydrogen (secondary N) is 1. The minimum Gasteiger partial charge on any atom is -0.333 e. The second-order valence-corrected chi connectivity index (χ2v) is 6.56. The van der Waals surface area contributed by atoms with Crippen LogP contribution in [0.4, 0.5) is 0 Å². The molecule has 3 aromatic rings. The molecule has 0 bridgehead atoms. The Morgan fingerprint density at radius 2 is 1.16 bits per heavy atom. The molecule has 0 fully saturated rings. The lowest BCUT2D eigenvalue weighted by atomic mass is 10.1. The van der Waals surface area contributed by atoms with Gasteiger partial charge in [-0.3, -0.25) is 9.59 Å². The van der Waals surface area contributed by atoms with E-state index in [0.717, 1.165) is 4.90 Å². The van der Waals surface area contributed by atoms with E-state index < -0.39 is 5.37 Å². The van der Waals surface area contributed by atoms with Gasteiger partial charge in [0.1, 0.15) is 5.37 Å². The first-order valence-corrected chi connectivity index (χ1v) is 8.79. The molecule has 124 valence electrons. The molecule has 0 saturated carbocycles. The second-order valence-electron chi connectivity index (χ2n) is 5.38. The zero-order chi connectivity index (χ0) is 17.5. The summed E-state index contributed by atoms with van der Waals surface area (Å²) in [4.78, 5) is 26.3. The van der Waals surface area contributed by atoms with Crippen LogP contribution in [0.3, 0.4) is 0 Å². The number of amides is 1. The molecule has 1 amide bonds. The Labute approximate surface area is 151 Å². The summed E-state index contributed by atoms with van der Waals surface area (Å²) in [6.45, 7) is 0. The van der Waals surface area contributed by atoms with Gasteiger partial charge in [-0.15, -0.1) is 0 Å². The maximum atomic E-state index is 12.9. The van der Waals surface area contributed by atoms with Crippen molar-refractivity contribution in [1.29, 1.82) is 0 Å². The van der Waals surface area contributed by atoms with Crippen LogP contribution in [0.1, 0.15) is 20.7 Å². The largest absolute Gasteiger partial charge is 0.333 e. The van der Waals surface area contributed by atoms with E-state index in [1.54, 1.807) is 36.4 Å². The van der Waals surface area contributed by atoms with Gasteiger partial charge in [0.2, 0.25) is 0 Å². The molecule has 1 N–H and O–H groups in total. The zero-order valence-electron chi connectivity index (χ0n) is 13.5. The van der Waals surface area contributed by atoms with E-state index >= 15 is 0 Å². The van der Waals surface area contributed by atoms with E-state index in [-0.39, 0.29) is 11.7 Å². The van der Waals surface area contributed by atoms with Gasteiger partial charge in [-0.2, -0.15) is 0 Å². The van der Waals surface area contributed by atoms with Crippen molar-refractivity contribution < 1.29 is 9.59 Å². The summed E-state index contributed by atoms with van der Waals surface area (Å²) in [6, 6.07) is 27.5. The van der Waals surface area contributed by atoms with E-state index in [4.69, 9.17) is 0 Å². The number of ketones is 1. The van der Waals surface area contributed by atoms with Crippen LogP contribution in [0.2, 0.25) is 0 Å². The molecule has 0 spiro atoms. The summed E-state index contributed by atoms with van der Waals surface area (Å²) in [6.07, 6.45) is 0. The maximum Gasteiger partial charge on any atom is 0.252 e. The summed E-state index contributed by atoms with van der Waals surface area (Å²) < 4.78 is 0. The van der Waals surface area contributed by atoms with Crippen molar-refractivity contribution in [3.05, 3.63) is 102 Å². The molecule has 0 unspecified atom stereocenters. The molecule has 3 aromatic carbocycles. The molecule has 0 saturated heterocycles. The number of hydrogen-bond donors (Lipinski definition) is 1. The van der Waals surface area contributed by atoms with Crippen LogP contribution in [0.15, 0.2) is 95.9 Å². The lowest BCUT2D eigenvalue weighted by molar-refractivity contribution is 0.0892. The Bertz CT molecular complexity index is 836. The maximum absolute atomic E-state index is 12.9. The average molecular weight is 347 g/mol. The Balaban J connectivity index is 1.83. The van der Waals surface area contributed by atoms with Crippen molar-refractivity contribution in [3.8, 4) is 0 Å². The van der Waals surface area contributed by atoms with Crippen LogP contribution >= 0.6 is 11.8 Å². The van der Waals surface area contributed by atoms with Crippen LogP contribution < -0.4 is 5.32 Å². The van der Waals surface area contributed by atoms with Gasteiger partial charge in [-0.25, -0.2) is 0 Å². The number of thioether (sulfide) groups is 1. The lowest BCUT2D eigenvalue weighted by Gasteiger charge is -2.17. The molecule has 3 nitrogen and oxygen atoms in total. The smallest absolute Gasteiger partial charge is 0.252 e. The molecular weight excluding hydrogens is 330 g/mol. The number of Topliss-reactive ketones (excluding diaryl/α,β-unsaturated/α-hetero) is 1. The van der Waals surface area contributed by atoms with Gasteiger partial charge < -0.3 is 5.32 Å². The van der Waals surface area contributed by atoms with Crippen molar-refractivity contribution in [3.63, 3.8) is 0 Å². The third kappa shape index (κ3) is 4.58. The third-order valence-electron chi connectivity index (χ3n) is 3.59. The normalized spacial score (nSPS) is 11.5. The van der Waals surface area contributed by atoms with E-state index in [1.165, 1.54) is 11.8 Å². The highest BCUT2D eigenvalue weighted by molar-refractivity contribution is 8.00. The van der Waals surface area contributed by atoms with Gasteiger partial charge in [-0.1, -0.05) is 78.5 Å². The Morgan fingerprint density at radius 1 is 0.680 bits per heavy atom. The number of benzene rings is 3. The van der Waals surface area contributed by atoms with Gasteiger partial charge in [0.15, 0.2) is 5.78 Å². The molecular formula is C21H17NO2S. The first-order valence-electron chi connectivity index (χ1n) is 7.91. The number of hydrogen-bond acceptors (Lipinski definition) is 3. The quantitative estimate of drug-likeness (QED) is 0.408. The van der Waals surface area contributed by atoms with Crippen molar-refractivity contribution in [2.75, 3.05) is 0 Å². The zero-order valence-corrected chi connectivity index (χ0v) is 14.3. The van der Waals surface area contributed by atoms with Gasteiger partial charge in [0.05, 0.1) is 0 Å².